The lowest BCUT2D eigenvalue weighted by molar-refractivity contribution is -0.385. The van der Waals surface area contributed by atoms with Crippen molar-refractivity contribution in [2.75, 3.05) is 5.43 Å². The molecule has 8 nitrogen and oxygen atoms in total. The molecule has 11 heteroatoms. The molecule has 3 N–H and O–H groups in total. The van der Waals surface area contributed by atoms with Crippen LogP contribution in [0.15, 0.2) is 27.3 Å². The van der Waals surface area contributed by atoms with Crippen molar-refractivity contribution in [2.24, 2.45) is 5.84 Å². The predicted molar refractivity (Wildman–Crippen MR) is 78.4 cm³/mol. The summed E-state index contributed by atoms with van der Waals surface area (Å²) in [7, 11) is 0. The number of hydrazine groups is 1. The third kappa shape index (κ3) is 3.43. The summed E-state index contributed by atoms with van der Waals surface area (Å²) in [6.45, 7) is 0. The Bertz CT molecular complexity index is 715. The lowest BCUT2D eigenvalue weighted by Gasteiger charge is -2.08. The molecule has 1 aromatic heterocycles. The Morgan fingerprint density at radius 1 is 1.38 bits per heavy atom. The second-order valence-corrected chi connectivity index (χ2v) is 5.29. The third-order valence-corrected chi connectivity index (χ3v) is 3.40. The van der Waals surface area contributed by atoms with Gasteiger partial charge in [-0.15, -0.1) is 0 Å². The fourth-order valence-corrected chi connectivity index (χ4v) is 1.94. The van der Waals surface area contributed by atoms with E-state index < -0.39 is 16.4 Å². The van der Waals surface area contributed by atoms with Crippen LogP contribution >= 0.6 is 31.9 Å². The van der Waals surface area contributed by atoms with Crippen LogP contribution in [0, 0.1) is 15.9 Å². The molecule has 0 saturated heterocycles. The van der Waals surface area contributed by atoms with Crippen molar-refractivity contribution in [3.05, 3.63) is 43.2 Å². The summed E-state index contributed by atoms with van der Waals surface area (Å²) in [4.78, 5) is 18.0. The molecule has 21 heavy (non-hydrogen) atoms. The van der Waals surface area contributed by atoms with Crippen LogP contribution in [0.25, 0.3) is 0 Å². The number of rotatable bonds is 4. The molecule has 0 bridgehead atoms. The van der Waals surface area contributed by atoms with Crippen molar-refractivity contribution in [3.63, 3.8) is 0 Å². The molecular formula is C10H6Br2FN5O3. The smallest absolute Gasteiger partial charge is 0.312 e. The maximum absolute atomic E-state index is 13.5. The average molecular weight is 423 g/mol. The molecule has 0 fully saturated rings. The highest BCUT2D eigenvalue weighted by Gasteiger charge is 2.21. The Labute approximate surface area is 133 Å². The van der Waals surface area contributed by atoms with Crippen molar-refractivity contribution < 1.29 is 14.1 Å². The molecule has 2 aromatic rings. The van der Waals surface area contributed by atoms with Crippen LogP contribution in [0.5, 0.6) is 11.6 Å². The van der Waals surface area contributed by atoms with Gasteiger partial charge < -0.3 is 4.74 Å². The molecule has 0 aliphatic carbocycles. The van der Waals surface area contributed by atoms with E-state index in [1.165, 1.54) is 6.20 Å². The van der Waals surface area contributed by atoms with Gasteiger partial charge in [0, 0.05) is 12.1 Å². The van der Waals surface area contributed by atoms with Crippen LogP contribution in [-0.4, -0.2) is 14.9 Å². The number of nitrogens with two attached hydrogens (primary N) is 1. The Balaban J connectivity index is 2.48. The van der Waals surface area contributed by atoms with Gasteiger partial charge in [-0.1, -0.05) is 0 Å². The van der Waals surface area contributed by atoms with Crippen LogP contribution in [0.1, 0.15) is 0 Å². The quantitative estimate of drug-likeness (QED) is 0.441. The second-order valence-electron chi connectivity index (χ2n) is 3.58. The van der Waals surface area contributed by atoms with Gasteiger partial charge in [0.2, 0.25) is 17.6 Å². The van der Waals surface area contributed by atoms with Crippen molar-refractivity contribution in [1.82, 2.24) is 9.97 Å². The summed E-state index contributed by atoms with van der Waals surface area (Å²) >= 11 is 6.00. The van der Waals surface area contributed by atoms with E-state index in [1.807, 2.05) is 0 Å². The predicted octanol–water partition coefficient (Wildman–Crippen LogP) is 3.13. The normalized spacial score (nSPS) is 10.3. The monoisotopic (exact) mass is 421 g/mol. The van der Waals surface area contributed by atoms with E-state index in [-0.39, 0.29) is 22.1 Å². The lowest BCUT2D eigenvalue weighted by atomic mass is 10.3. The molecule has 1 heterocycles. The first-order chi connectivity index (χ1) is 9.92. The van der Waals surface area contributed by atoms with Crippen LogP contribution in [0.4, 0.5) is 16.0 Å². The zero-order valence-electron chi connectivity index (χ0n) is 10.0. The van der Waals surface area contributed by atoms with Gasteiger partial charge in [-0.2, -0.15) is 4.98 Å². The number of nitrogen functional groups attached to an aromatic ring is 1. The van der Waals surface area contributed by atoms with Gasteiger partial charge in [-0.25, -0.2) is 15.2 Å². The minimum absolute atomic E-state index is 0.0356. The van der Waals surface area contributed by atoms with Gasteiger partial charge in [0.25, 0.3) is 0 Å². The molecule has 1 aromatic carbocycles. The zero-order chi connectivity index (χ0) is 15.6. The number of nitrogens with zero attached hydrogens (tertiary/aromatic N) is 3. The van der Waals surface area contributed by atoms with E-state index in [2.05, 4.69) is 47.3 Å². The number of nitrogens with one attached hydrogen (secondary N) is 1. The van der Waals surface area contributed by atoms with E-state index in [9.17, 15) is 14.5 Å². The average Bonchev–Trinajstić information content (AvgIpc) is 2.44. The Kier molecular flexibility index (Phi) is 4.65. The number of nitro groups is 1. The number of hydrogen-bond donors (Lipinski definition) is 2. The van der Waals surface area contributed by atoms with Crippen LogP contribution in [0.2, 0.25) is 0 Å². The number of anilines is 1. The number of ether oxygens (including phenoxy) is 1. The minimum atomic E-state index is -0.710. The summed E-state index contributed by atoms with van der Waals surface area (Å²) in [5.74, 6) is 4.13. The van der Waals surface area contributed by atoms with Gasteiger partial charge in [-0.05, 0) is 31.9 Å². The van der Waals surface area contributed by atoms with Gasteiger partial charge in [0.15, 0.2) is 0 Å². The van der Waals surface area contributed by atoms with Gasteiger partial charge in [-0.3, -0.25) is 15.5 Å². The topological polar surface area (TPSA) is 116 Å². The van der Waals surface area contributed by atoms with Gasteiger partial charge >= 0.3 is 5.69 Å². The van der Waals surface area contributed by atoms with Crippen molar-refractivity contribution in [2.45, 2.75) is 0 Å². The number of nitro benzene ring substituents is 1. The number of halogens is 3. The Hall–Kier alpha value is -1.85. The maximum atomic E-state index is 13.5. The third-order valence-electron chi connectivity index (χ3n) is 2.25. The Morgan fingerprint density at radius 2 is 2.10 bits per heavy atom. The second kappa shape index (κ2) is 6.28. The summed E-state index contributed by atoms with van der Waals surface area (Å²) in [6, 6.07) is 1.88. The van der Waals surface area contributed by atoms with Gasteiger partial charge in [0.1, 0.15) is 5.82 Å². The van der Waals surface area contributed by atoms with E-state index in [0.717, 1.165) is 12.1 Å². The lowest BCUT2D eigenvalue weighted by Crippen LogP contribution is -2.10. The molecule has 110 valence electrons. The van der Waals surface area contributed by atoms with E-state index in [0.29, 0.717) is 4.47 Å². The number of aromatic nitrogens is 2. The maximum Gasteiger partial charge on any atom is 0.312 e. The summed E-state index contributed by atoms with van der Waals surface area (Å²) in [5, 5.41) is 11.0. The first-order valence-electron chi connectivity index (χ1n) is 5.23. The molecular weight excluding hydrogens is 417 g/mol. The number of benzene rings is 1. The summed E-state index contributed by atoms with van der Waals surface area (Å²) in [5.41, 5.74) is 1.78. The van der Waals surface area contributed by atoms with Crippen molar-refractivity contribution in [3.8, 4) is 11.6 Å². The molecule has 0 aliphatic heterocycles. The van der Waals surface area contributed by atoms with E-state index in [4.69, 9.17) is 10.6 Å². The van der Waals surface area contributed by atoms with E-state index in [1.54, 1.807) is 0 Å². The first-order valence-corrected chi connectivity index (χ1v) is 6.81. The highest BCUT2D eigenvalue weighted by molar-refractivity contribution is 9.10. The molecule has 2 rings (SSSR count). The molecule has 0 spiro atoms. The molecule has 0 aliphatic rings. The summed E-state index contributed by atoms with van der Waals surface area (Å²) in [6.07, 6.45) is 1.33. The standard InChI is InChI=1S/C10H6Br2FN5O3/c11-4-1-7(18(19)20)8(2-6(4)13)21-9-5(12)3-15-10(16-9)17-14/h1-3H,14H2,(H,15,16,17). The fraction of sp³-hybridized carbons (Fsp3) is 0. The van der Waals surface area contributed by atoms with Crippen LogP contribution in [-0.2, 0) is 0 Å². The largest absolute Gasteiger partial charge is 0.430 e. The summed E-state index contributed by atoms with van der Waals surface area (Å²) < 4.78 is 19.1. The minimum Gasteiger partial charge on any atom is -0.430 e. The molecule has 0 unspecified atom stereocenters. The zero-order valence-corrected chi connectivity index (χ0v) is 13.2. The molecule has 0 atom stereocenters. The van der Waals surface area contributed by atoms with Gasteiger partial charge in [0.05, 0.1) is 20.1 Å². The van der Waals surface area contributed by atoms with E-state index >= 15 is 0 Å². The first kappa shape index (κ1) is 15.5. The highest BCUT2D eigenvalue weighted by atomic mass is 79.9. The highest BCUT2D eigenvalue weighted by Crippen LogP contribution is 2.37. The van der Waals surface area contributed by atoms with Crippen LogP contribution in [0.3, 0.4) is 0 Å². The fourth-order valence-electron chi connectivity index (χ4n) is 1.34. The molecule has 0 amide bonds. The molecule has 0 radical (unpaired) electrons. The SMILES string of the molecule is NNc1ncc(Br)c(Oc2cc(F)c(Br)cc2[N+](=O)[O-])n1. The van der Waals surface area contributed by atoms with Crippen molar-refractivity contribution in [1.29, 1.82) is 0 Å². The van der Waals surface area contributed by atoms with Crippen molar-refractivity contribution >= 4 is 43.5 Å². The molecule has 0 saturated carbocycles. The number of hydrogen-bond acceptors (Lipinski definition) is 7. The Morgan fingerprint density at radius 3 is 2.71 bits per heavy atom. The van der Waals surface area contributed by atoms with Crippen LogP contribution < -0.4 is 16.0 Å².